The molecule has 1 aromatic carbocycles. The number of anilines is 2. The summed E-state index contributed by atoms with van der Waals surface area (Å²) in [5.41, 5.74) is 1.52. The number of amides is 2. The van der Waals surface area contributed by atoms with E-state index >= 15 is 0 Å². The molecule has 5 nitrogen and oxygen atoms in total. The van der Waals surface area contributed by atoms with Crippen molar-refractivity contribution in [2.45, 2.75) is 58.3 Å². The summed E-state index contributed by atoms with van der Waals surface area (Å²) in [5, 5.41) is 3.03. The molecule has 1 aliphatic carbocycles. The number of unbranched alkanes of at least 4 members (excludes halogenated alkanes) is 2. The van der Waals surface area contributed by atoms with E-state index in [2.05, 4.69) is 12.2 Å². The molecule has 1 aromatic rings. The summed E-state index contributed by atoms with van der Waals surface area (Å²) in [4.78, 5) is 26.5. The zero-order valence-electron chi connectivity index (χ0n) is 15.1. The summed E-state index contributed by atoms with van der Waals surface area (Å²) in [5.74, 6) is 0.912. The normalized spacial score (nSPS) is 17.8. The Hall–Kier alpha value is -2.04. The molecule has 136 valence electrons. The third-order valence-corrected chi connectivity index (χ3v) is 5.13. The number of nitrogens with one attached hydrogen (secondary N) is 1. The Balaban J connectivity index is 1.72. The molecular weight excluding hydrogens is 316 g/mol. The lowest BCUT2D eigenvalue weighted by Gasteiger charge is -2.30. The van der Waals surface area contributed by atoms with Crippen molar-refractivity contribution in [3.8, 4) is 5.75 Å². The monoisotopic (exact) mass is 344 g/mol. The summed E-state index contributed by atoms with van der Waals surface area (Å²) >= 11 is 0. The van der Waals surface area contributed by atoms with Gasteiger partial charge in [0, 0.05) is 18.2 Å². The van der Waals surface area contributed by atoms with Gasteiger partial charge in [-0.05, 0) is 37.5 Å². The molecular formula is C20H28N2O3. The van der Waals surface area contributed by atoms with Gasteiger partial charge in [-0.2, -0.15) is 0 Å². The predicted molar refractivity (Wildman–Crippen MR) is 99.0 cm³/mol. The molecule has 1 aliphatic heterocycles. The van der Waals surface area contributed by atoms with E-state index in [0.29, 0.717) is 12.3 Å². The van der Waals surface area contributed by atoms with Gasteiger partial charge in [0.15, 0.2) is 6.61 Å². The Morgan fingerprint density at radius 2 is 2.04 bits per heavy atom. The average molecular weight is 344 g/mol. The Bertz CT molecular complexity index is 623. The first-order valence-corrected chi connectivity index (χ1v) is 9.57. The topological polar surface area (TPSA) is 58.6 Å². The van der Waals surface area contributed by atoms with E-state index in [1.54, 1.807) is 4.90 Å². The zero-order chi connectivity index (χ0) is 17.6. The van der Waals surface area contributed by atoms with Crippen LogP contribution in [0.15, 0.2) is 18.2 Å². The minimum Gasteiger partial charge on any atom is -0.482 e. The van der Waals surface area contributed by atoms with Crippen LogP contribution in [0, 0.1) is 5.92 Å². The second-order valence-electron chi connectivity index (χ2n) is 7.05. The van der Waals surface area contributed by atoms with Crippen LogP contribution in [0.2, 0.25) is 0 Å². The number of carbonyl (C=O) groups is 2. The molecule has 1 saturated carbocycles. The Kier molecular flexibility index (Phi) is 5.95. The van der Waals surface area contributed by atoms with Crippen LogP contribution in [0.3, 0.4) is 0 Å². The second kappa shape index (κ2) is 8.37. The standard InChI is InChI=1S/C20H28N2O3/c1-2-3-7-12-22-17-13-16(10-11-18(17)25-14-19(22)23)21-20(24)15-8-5-4-6-9-15/h10-11,13,15H,2-9,12,14H2,1H3,(H,21,24). The van der Waals surface area contributed by atoms with Gasteiger partial charge >= 0.3 is 0 Å². The molecule has 1 heterocycles. The molecule has 0 atom stereocenters. The molecule has 5 heteroatoms. The summed E-state index contributed by atoms with van der Waals surface area (Å²) in [6.45, 7) is 2.93. The largest absolute Gasteiger partial charge is 0.482 e. The van der Waals surface area contributed by atoms with Gasteiger partial charge in [-0.3, -0.25) is 9.59 Å². The molecule has 3 rings (SSSR count). The van der Waals surface area contributed by atoms with Crippen LogP contribution >= 0.6 is 0 Å². The van der Waals surface area contributed by atoms with Crippen molar-refractivity contribution in [3.05, 3.63) is 18.2 Å². The number of benzene rings is 1. The van der Waals surface area contributed by atoms with Crippen molar-refractivity contribution in [2.24, 2.45) is 5.92 Å². The fourth-order valence-electron chi connectivity index (χ4n) is 3.65. The van der Waals surface area contributed by atoms with E-state index in [9.17, 15) is 9.59 Å². The van der Waals surface area contributed by atoms with E-state index in [1.165, 1.54) is 6.42 Å². The first-order valence-electron chi connectivity index (χ1n) is 9.57. The lowest BCUT2D eigenvalue weighted by Crippen LogP contribution is -2.39. The van der Waals surface area contributed by atoms with Crippen LogP contribution in [-0.2, 0) is 9.59 Å². The Morgan fingerprint density at radius 3 is 2.80 bits per heavy atom. The summed E-state index contributed by atoms with van der Waals surface area (Å²) in [6.07, 6.45) is 8.63. The fourth-order valence-corrected chi connectivity index (χ4v) is 3.65. The van der Waals surface area contributed by atoms with Gasteiger partial charge in [0.1, 0.15) is 5.75 Å². The van der Waals surface area contributed by atoms with Gasteiger partial charge in [0.25, 0.3) is 5.91 Å². The van der Waals surface area contributed by atoms with Gasteiger partial charge in [-0.25, -0.2) is 0 Å². The van der Waals surface area contributed by atoms with E-state index in [1.807, 2.05) is 18.2 Å². The number of ether oxygens (including phenoxy) is 1. The third kappa shape index (κ3) is 4.33. The maximum atomic E-state index is 12.5. The smallest absolute Gasteiger partial charge is 0.265 e. The third-order valence-electron chi connectivity index (χ3n) is 5.13. The van der Waals surface area contributed by atoms with Crippen molar-refractivity contribution in [3.63, 3.8) is 0 Å². The van der Waals surface area contributed by atoms with Gasteiger partial charge in [-0.15, -0.1) is 0 Å². The molecule has 1 N–H and O–H groups in total. The summed E-state index contributed by atoms with van der Waals surface area (Å²) in [6, 6.07) is 5.59. The first kappa shape index (κ1) is 17.8. The summed E-state index contributed by atoms with van der Waals surface area (Å²) < 4.78 is 5.54. The second-order valence-corrected chi connectivity index (χ2v) is 7.05. The molecule has 2 aliphatic rings. The van der Waals surface area contributed by atoms with Crippen LogP contribution in [0.4, 0.5) is 11.4 Å². The molecule has 2 amide bonds. The van der Waals surface area contributed by atoms with E-state index in [4.69, 9.17) is 4.74 Å². The van der Waals surface area contributed by atoms with Crippen molar-refractivity contribution in [2.75, 3.05) is 23.4 Å². The van der Waals surface area contributed by atoms with Gasteiger partial charge in [-0.1, -0.05) is 39.0 Å². The molecule has 0 spiro atoms. The van der Waals surface area contributed by atoms with E-state index in [0.717, 1.165) is 56.3 Å². The maximum Gasteiger partial charge on any atom is 0.265 e. The molecule has 0 unspecified atom stereocenters. The fraction of sp³-hybridized carbons (Fsp3) is 0.600. The first-order chi connectivity index (χ1) is 12.2. The van der Waals surface area contributed by atoms with E-state index < -0.39 is 0 Å². The highest BCUT2D eigenvalue weighted by molar-refractivity contribution is 5.99. The number of rotatable bonds is 6. The number of hydrogen-bond donors (Lipinski definition) is 1. The minimum atomic E-state index is -0.0145. The Morgan fingerprint density at radius 1 is 1.24 bits per heavy atom. The highest BCUT2D eigenvalue weighted by Gasteiger charge is 2.26. The van der Waals surface area contributed by atoms with Crippen LogP contribution in [0.5, 0.6) is 5.75 Å². The van der Waals surface area contributed by atoms with Crippen molar-refractivity contribution in [1.29, 1.82) is 0 Å². The highest BCUT2D eigenvalue weighted by atomic mass is 16.5. The molecule has 0 aromatic heterocycles. The van der Waals surface area contributed by atoms with E-state index in [-0.39, 0.29) is 24.3 Å². The van der Waals surface area contributed by atoms with Crippen molar-refractivity contribution < 1.29 is 14.3 Å². The summed E-state index contributed by atoms with van der Waals surface area (Å²) in [7, 11) is 0. The SMILES string of the molecule is CCCCCN1C(=O)COc2ccc(NC(=O)C3CCCCC3)cc21. The Labute approximate surface area is 149 Å². The minimum absolute atomic E-state index is 0.0145. The number of hydrogen-bond acceptors (Lipinski definition) is 3. The number of carbonyl (C=O) groups excluding carboxylic acids is 2. The highest BCUT2D eigenvalue weighted by Crippen LogP contribution is 2.35. The van der Waals surface area contributed by atoms with Crippen molar-refractivity contribution in [1.82, 2.24) is 0 Å². The number of nitrogens with zero attached hydrogens (tertiary/aromatic N) is 1. The van der Waals surface area contributed by atoms with Crippen LogP contribution in [0.1, 0.15) is 58.3 Å². The zero-order valence-corrected chi connectivity index (χ0v) is 15.1. The molecule has 0 radical (unpaired) electrons. The molecule has 1 fully saturated rings. The maximum absolute atomic E-state index is 12.5. The number of fused-ring (bicyclic) bond motifs is 1. The molecule has 0 bridgehead atoms. The molecule has 0 saturated heterocycles. The lowest BCUT2D eigenvalue weighted by atomic mass is 9.88. The van der Waals surface area contributed by atoms with Crippen LogP contribution < -0.4 is 15.0 Å². The van der Waals surface area contributed by atoms with Crippen molar-refractivity contribution >= 4 is 23.2 Å². The van der Waals surface area contributed by atoms with Gasteiger partial charge < -0.3 is 15.0 Å². The quantitative estimate of drug-likeness (QED) is 0.790. The predicted octanol–water partition coefficient (Wildman–Crippen LogP) is 4.12. The average Bonchev–Trinajstić information content (AvgIpc) is 2.64. The lowest BCUT2D eigenvalue weighted by molar-refractivity contribution is -0.121. The molecule has 25 heavy (non-hydrogen) atoms. The van der Waals surface area contributed by atoms with Gasteiger partial charge in [0.05, 0.1) is 5.69 Å². The van der Waals surface area contributed by atoms with Crippen LogP contribution in [-0.4, -0.2) is 25.0 Å². The van der Waals surface area contributed by atoms with Crippen LogP contribution in [0.25, 0.3) is 0 Å². The van der Waals surface area contributed by atoms with Gasteiger partial charge in [0.2, 0.25) is 5.91 Å².